The molecule has 4 aromatic rings. The number of pyridine rings is 1. The van der Waals surface area contributed by atoms with Crippen molar-refractivity contribution in [1.82, 2.24) is 25.1 Å². The van der Waals surface area contributed by atoms with Gasteiger partial charge in [0.15, 0.2) is 10.6 Å². The normalized spacial score (nSPS) is 10.9. The van der Waals surface area contributed by atoms with Crippen LogP contribution in [-0.2, 0) is 13.6 Å². The van der Waals surface area contributed by atoms with Crippen molar-refractivity contribution < 1.29 is 4.79 Å². The molecule has 0 unspecified atom stereocenters. The summed E-state index contributed by atoms with van der Waals surface area (Å²) in [6.45, 7) is 0.259. The lowest BCUT2D eigenvalue weighted by atomic mass is 10.0. The summed E-state index contributed by atoms with van der Waals surface area (Å²) in [6, 6.07) is 16.7. The first kappa shape index (κ1) is 18.3. The Morgan fingerprint density at radius 1 is 1.21 bits per heavy atom. The number of amides is 1. The number of nitrogens with zero attached hydrogens (tertiary/aromatic N) is 3. The standard InChI is InChI=1S/C20H16ClN5OS/c1-26-18(24-25-20(26)28)11-22-19(27)15-10-17(12-6-8-13(21)9-7-12)23-16-5-3-2-4-14(15)16/h2-10H,11H2,1H3,(H,22,27)(H,25,28). The predicted molar refractivity (Wildman–Crippen MR) is 112 cm³/mol. The summed E-state index contributed by atoms with van der Waals surface area (Å²) in [4.78, 5) is 17.7. The van der Waals surface area contributed by atoms with Gasteiger partial charge in [0.2, 0.25) is 0 Å². The predicted octanol–water partition coefficient (Wildman–Crippen LogP) is 4.28. The van der Waals surface area contributed by atoms with Crippen molar-refractivity contribution in [2.45, 2.75) is 6.54 Å². The van der Waals surface area contributed by atoms with E-state index >= 15 is 0 Å². The summed E-state index contributed by atoms with van der Waals surface area (Å²) in [5.41, 5.74) is 2.89. The van der Waals surface area contributed by atoms with Gasteiger partial charge in [-0.1, -0.05) is 41.9 Å². The molecule has 0 aliphatic heterocycles. The summed E-state index contributed by atoms with van der Waals surface area (Å²) in [5.74, 6) is 0.442. The third-order valence-corrected chi connectivity index (χ3v) is 5.10. The highest BCUT2D eigenvalue weighted by atomic mass is 35.5. The van der Waals surface area contributed by atoms with Crippen LogP contribution >= 0.6 is 23.8 Å². The fourth-order valence-electron chi connectivity index (χ4n) is 2.92. The molecule has 0 radical (unpaired) electrons. The van der Waals surface area contributed by atoms with Crippen molar-refractivity contribution >= 4 is 40.6 Å². The number of fused-ring (bicyclic) bond motifs is 1. The van der Waals surface area contributed by atoms with Crippen LogP contribution in [0.25, 0.3) is 22.2 Å². The molecule has 0 bridgehead atoms. The van der Waals surface area contributed by atoms with Crippen LogP contribution in [0.15, 0.2) is 54.6 Å². The van der Waals surface area contributed by atoms with E-state index in [1.54, 1.807) is 29.8 Å². The fourth-order valence-corrected chi connectivity index (χ4v) is 3.20. The summed E-state index contributed by atoms with van der Waals surface area (Å²) in [5, 5.41) is 11.2. The van der Waals surface area contributed by atoms with Gasteiger partial charge in [-0.15, -0.1) is 0 Å². The highest BCUT2D eigenvalue weighted by Crippen LogP contribution is 2.26. The van der Waals surface area contributed by atoms with Gasteiger partial charge in [0, 0.05) is 23.0 Å². The summed E-state index contributed by atoms with van der Waals surface area (Å²) in [6.07, 6.45) is 0. The number of hydrogen-bond acceptors (Lipinski definition) is 4. The minimum absolute atomic E-state index is 0.206. The molecule has 1 amide bonds. The van der Waals surface area contributed by atoms with Gasteiger partial charge in [0.25, 0.3) is 5.91 Å². The van der Waals surface area contributed by atoms with Crippen molar-refractivity contribution in [2.75, 3.05) is 0 Å². The van der Waals surface area contributed by atoms with Crippen LogP contribution in [0.2, 0.25) is 5.02 Å². The third-order valence-electron chi connectivity index (χ3n) is 4.48. The van der Waals surface area contributed by atoms with Gasteiger partial charge in [-0.3, -0.25) is 9.89 Å². The van der Waals surface area contributed by atoms with Crippen LogP contribution in [0.5, 0.6) is 0 Å². The Hall–Kier alpha value is -3.03. The maximum atomic E-state index is 13.0. The van der Waals surface area contributed by atoms with Crippen molar-refractivity contribution in [3.63, 3.8) is 0 Å². The smallest absolute Gasteiger partial charge is 0.252 e. The average molecular weight is 410 g/mol. The second-order valence-corrected chi connectivity index (χ2v) is 7.09. The Morgan fingerprint density at radius 3 is 2.68 bits per heavy atom. The number of halogens is 1. The highest BCUT2D eigenvalue weighted by Gasteiger charge is 2.15. The van der Waals surface area contributed by atoms with E-state index in [1.165, 1.54) is 0 Å². The maximum absolute atomic E-state index is 13.0. The van der Waals surface area contributed by atoms with Gasteiger partial charge < -0.3 is 9.88 Å². The first-order valence-corrected chi connectivity index (χ1v) is 9.36. The minimum Gasteiger partial charge on any atom is -0.345 e. The van der Waals surface area contributed by atoms with Crippen molar-refractivity contribution in [3.05, 3.63) is 75.8 Å². The number of hydrogen-bond donors (Lipinski definition) is 2. The third kappa shape index (κ3) is 3.54. The zero-order valence-electron chi connectivity index (χ0n) is 14.9. The molecule has 0 fully saturated rings. The average Bonchev–Trinajstić information content (AvgIpc) is 3.04. The van der Waals surface area contributed by atoms with Gasteiger partial charge in [0.05, 0.1) is 23.3 Å². The number of nitrogens with one attached hydrogen (secondary N) is 2. The van der Waals surface area contributed by atoms with Crippen LogP contribution < -0.4 is 5.32 Å². The molecule has 0 atom stereocenters. The first-order chi connectivity index (χ1) is 13.5. The number of aromatic amines is 1. The van der Waals surface area contributed by atoms with Gasteiger partial charge >= 0.3 is 0 Å². The quantitative estimate of drug-likeness (QED) is 0.493. The van der Waals surface area contributed by atoms with E-state index in [0.29, 0.717) is 26.9 Å². The Labute approximate surface area is 171 Å². The molecule has 2 aromatic heterocycles. The van der Waals surface area contributed by atoms with Crippen LogP contribution in [-0.4, -0.2) is 25.7 Å². The van der Waals surface area contributed by atoms with E-state index < -0.39 is 0 Å². The van der Waals surface area contributed by atoms with Crippen molar-refractivity contribution in [3.8, 4) is 11.3 Å². The van der Waals surface area contributed by atoms with E-state index in [4.69, 9.17) is 28.8 Å². The van der Waals surface area contributed by atoms with Crippen molar-refractivity contribution in [1.29, 1.82) is 0 Å². The molecule has 2 N–H and O–H groups in total. The molecular weight excluding hydrogens is 394 g/mol. The van der Waals surface area contributed by atoms with E-state index in [9.17, 15) is 4.79 Å². The van der Waals surface area contributed by atoms with Crippen LogP contribution in [0.3, 0.4) is 0 Å². The number of benzene rings is 2. The van der Waals surface area contributed by atoms with E-state index in [2.05, 4.69) is 15.5 Å². The molecule has 2 aromatic carbocycles. The zero-order chi connectivity index (χ0) is 19.7. The molecule has 6 nitrogen and oxygen atoms in total. The second kappa shape index (κ2) is 7.53. The SMILES string of the molecule is Cn1c(CNC(=O)c2cc(-c3ccc(Cl)cc3)nc3ccccc23)n[nH]c1=S. The van der Waals surface area contributed by atoms with Crippen molar-refractivity contribution in [2.24, 2.45) is 7.05 Å². The number of aromatic nitrogens is 4. The monoisotopic (exact) mass is 409 g/mol. The highest BCUT2D eigenvalue weighted by molar-refractivity contribution is 7.71. The topological polar surface area (TPSA) is 75.6 Å². The van der Waals surface area contributed by atoms with Crippen LogP contribution in [0.4, 0.5) is 0 Å². The first-order valence-electron chi connectivity index (χ1n) is 8.57. The molecule has 0 saturated heterocycles. The number of carbonyl (C=O) groups is 1. The van der Waals surface area contributed by atoms with E-state index in [-0.39, 0.29) is 12.5 Å². The molecule has 0 saturated carbocycles. The summed E-state index contributed by atoms with van der Waals surface area (Å²) in [7, 11) is 1.80. The fraction of sp³-hybridized carbons (Fsp3) is 0.100. The lowest BCUT2D eigenvalue weighted by Crippen LogP contribution is -2.25. The number of rotatable bonds is 4. The molecule has 28 heavy (non-hydrogen) atoms. The molecule has 140 valence electrons. The van der Waals surface area contributed by atoms with E-state index in [0.717, 1.165) is 16.5 Å². The van der Waals surface area contributed by atoms with Crippen LogP contribution in [0, 0.1) is 4.77 Å². The molecule has 4 rings (SSSR count). The molecular formula is C20H16ClN5OS. The van der Waals surface area contributed by atoms with Crippen LogP contribution in [0.1, 0.15) is 16.2 Å². The van der Waals surface area contributed by atoms with Gasteiger partial charge in [0.1, 0.15) is 0 Å². The molecule has 0 spiro atoms. The Kier molecular flexibility index (Phi) is 4.93. The Balaban J connectivity index is 1.72. The molecule has 0 aliphatic rings. The maximum Gasteiger partial charge on any atom is 0.252 e. The molecule has 0 aliphatic carbocycles. The lowest BCUT2D eigenvalue weighted by molar-refractivity contribution is 0.0951. The van der Waals surface area contributed by atoms with E-state index in [1.807, 2.05) is 36.4 Å². The minimum atomic E-state index is -0.206. The summed E-state index contributed by atoms with van der Waals surface area (Å²) >= 11 is 11.1. The second-order valence-electron chi connectivity index (χ2n) is 6.27. The Morgan fingerprint density at radius 2 is 1.96 bits per heavy atom. The van der Waals surface area contributed by atoms with Gasteiger partial charge in [-0.05, 0) is 36.5 Å². The van der Waals surface area contributed by atoms with Gasteiger partial charge in [-0.2, -0.15) is 5.10 Å². The Bertz CT molecular complexity index is 1230. The molecule has 2 heterocycles. The number of para-hydroxylation sites is 1. The summed E-state index contributed by atoms with van der Waals surface area (Å²) < 4.78 is 2.23. The van der Waals surface area contributed by atoms with Gasteiger partial charge in [-0.25, -0.2) is 4.98 Å². The number of carbonyl (C=O) groups excluding carboxylic acids is 1. The largest absolute Gasteiger partial charge is 0.345 e. The number of H-pyrrole nitrogens is 1. The zero-order valence-corrected chi connectivity index (χ0v) is 16.5. The lowest BCUT2D eigenvalue weighted by Gasteiger charge is -2.10. The molecule has 8 heteroatoms.